The first-order chi connectivity index (χ1) is 9.06. The summed E-state index contributed by atoms with van der Waals surface area (Å²) in [5, 5.41) is 0. The van der Waals surface area contributed by atoms with Crippen LogP contribution in [0.15, 0.2) is 0 Å². The molecular weight excluding hydrogens is 252 g/mol. The first-order valence-electron chi connectivity index (χ1n) is 7.81. The van der Waals surface area contributed by atoms with E-state index in [-0.39, 0.29) is 23.6 Å². The molecule has 0 N–H and O–H groups in total. The van der Waals surface area contributed by atoms with Crippen molar-refractivity contribution in [3.05, 3.63) is 0 Å². The van der Waals surface area contributed by atoms with Gasteiger partial charge in [-0.1, -0.05) is 40.5 Å². The third kappa shape index (κ3) is 8.34. The van der Waals surface area contributed by atoms with Gasteiger partial charge in [0.2, 0.25) is 0 Å². The van der Waals surface area contributed by atoms with Gasteiger partial charge in [-0.05, 0) is 32.6 Å². The standard InChI is InChI=1S/C17H32O3/c1-8-9-12(2)10-15(18)11-13(3)14(4)16(19)20-17(5,6)7/h12-14H,8-11H2,1-7H3. The number of esters is 1. The van der Waals surface area contributed by atoms with Crippen LogP contribution in [0.4, 0.5) is 0 Å². The molecule has 3 heteroatoms. The van der Waals surface area contributed by atoms with Crippen molar-refractivity contribution in [3.63, 3.8) is 0 Å². The molecule has 0 aliphatic carbocycles. The van der Waals surface area contributed by atoms with E-state index in [1.54, 1.807) is 0 Å². The van der Waals surface area contributed by atoms with Gasteiger partial charge in [-0.15, -0.1) is 0 Å². The maximum atomic E-state index is 12.0. The van der Waals surface area contributed by atoms with Crippen molar-refractivity contribution < 1.29 is 14.3 Å². The first kappa shape index (κ1) is 19.1. The second-order valence-corrected chi connectivity index (χ2v) is 7.14. The summed E-state index contributed by atoms with van der Waals surface area (Å²) in [6.45, 7) is 13.6. The van der Waals surface area contributed by atoms with Crippen LogP contribution >= 0.6 is 0 Å². The minimum absolute atomic E-state index is 0.0335. The highest BCUT2D eigenvalue weighted by Gasteiger charge is 2.27. The molecule has 0 aliphatic heterocycles. The number of carbonyl (C=O) groups excluding carboxylic acids is 2. The van der Waals surface area contributed by atoms with E-state index in [9.17, 15) is 9.59 Å². The number of Topliss-reactive ketones (excluding diaryl/α,β-unsaturated/α-hetero) is 1. The summed E-state index contributed by atoms with van der Waals surface area (Å²) >= 11 is 0. The van der Waals surface area contributed by atoms with Crippen LogP contribution < -0.4 is 0 Å². The molecule has 0 heterocycles. The lowest BCUT2D eigenvalue weighted by Crippen LogP contribution is -2.31. The predicted octanol–water partition coefficient (Wildman–Crippen LogP) is 4.39. The quantitative estimate of drug-likeness (QED) is 0.621. The normalized spacial score (nSPS) is 16.4. The van der Waals surface area contributed by atoms with Gasteiger partial charge in [0.15, 0.2) is 0 Å². The average molecular weight is 284 g/mol. The Morgan fingerprint density at radius 1 is 1.05 bits per heavy atom. The lowest BCUT2D eigenvalue weighted by Gasteiger charge is -2.25. The van der Waals surface area contributed by atoms with Gasteiger partial charge in [-0.25, -0.2) is 0 Å². The lowest BCUT2D eigenvalue weighted by molar-refractivity contribution is -0.161. The Morgan fingerprint density at radius 2 is 1.60 bits per heavy atom. The molecule has 0 amide bonds. The third-order valence-electron chi connectivity index (χ3n) is 3.54. The maximum absolute atomic E-state index is 12.0. The molecule has 118 valence electrons. The largest absolute Gasteiger partial charge is 0.460 e. The topological polar surface area (TPSA) is 43.4 Å². The summed E-state index contributed by atoms with van der Waals surface area (Å²) in [6.07, 6.45) is 3.29. The van der Waals surface area contributed by atoms with Crippen LogP contribution in [0.5, 0.6) is 0 Å². The molecule has 0 rings (SSSR count). The number of carbonyl (C=O) groups is 2. The van der Waals surface area contributed by atoms with Crippen LogP contribution in [0.1, 0.15) is 74.1 Å². The molecule has 0 radical (unpaired) electrons. The summed E-state index contributed by atoms with van der Waals surface area (Å²) < 4.78 is 5.37. The molecular formula is C17H32O3. The third-order valence-corrected chi connectivity index (χ3v) is 3.54. The molecule has 0 aromatic carbocycles. The fraction of sp³-hybridized carbons (Fsp3) is 0.882. The van der Waals surface area contributed by atoms with E-state index in [0.29, 0.717) is 18.8 Å². The highest BCUT2D eigenvalue weighted by molar-refractivity contribution is 5.80. The van der Waals surface area contributed by atoms with Gasteiger partial charge >= 0.3 is 5.97 Å². The van der Waals surface area contributed by atoms with Gasteiger partial charge in [-0.2, -0.15) is 0 Å². The summed E-state index contributed by atoms with van der Waals surface area (Å²) in [7, 11) is 0. The average Bonchev–Trinajstić information content (AvgIpc) is 2.25. The smallest absolute Gasteiger partial charge is 0.309 e. The van der Waals surface area contributed by atoms with Crippen LogP contribution in [0, 0.1) is 17.8 Å². The van der Waals surface area contributed by atoms with Gasteiger partial charge in [0.1, 0.15) is 11.4 Å². The molecule has 20 heavy (non-hydrogen) atoms. The van der Waals surface area contributed by atoms with Crippen molar-refractivity contribution in [2.75, 3.05) is 0 Å². The maximum Gasteiger partial charge on any atom is 0.309 e. The van der Waals surface area contributed by atoms with E-state index in [2.05, 4.69) is 13.8 Å². The van der Waals surface area contributed by atoms with E-state index in [1.807, 2.05) is 34.6 Å². The SMILES string of the molecule is CCCC(C)CC(=O)CC(C)C(C)C(=O)OC(C)(C)C. The minimum Gasteiger partial charge on any atom is -0.460 e. The van der Waals surface area contributed by atoms with E-state index < -0.39 is 5.60 Å². The zero-order valence-electron chi connectivity index (χ0n) is 14.3. The van der Waals surface area contributed by atoms with Gasteiger partial charge in [0.25, 0.3) is 0 Å². The van der Waals surface area contributed by atoms with Gasteiger partial charge in [0, 0.05) is 12.8 Å². The Balaban J connectivity index is 4.28. The Bertz CT molecular complexity index is 315. The Kier molecular flexibility index (Phi) is 8.07. The second-order valence-electron chi connectivity index (χ2n) is 7.14. The summed E-state index contributed by atoms with van der Waals surface area (Å²) in [4.78, 5) is 24.0. The van der Waals surface area contributed by atoms with Crippen LogP contribution in [0.25, 0.3) is 0 Å². The van der Waals surface area contributed by atoms with Crippen molar-refractivity contribution in [2.45, 2.75) is 79.8 Å². The molecule has 3 unspecified atom stereocenters. The molecule has 0 spiro atoms. The van der Waals surface area contributed by atoms with Gasteiger partial charge < -0.3 is 4.74 Å². The van der Waals surface area contributed by atoms with Crippen molar-refractivity contribution in [2.24, 2.45) is 17.8 Å². The van der Waals surface area contributed by atoms with Crippen molar-refractivity contribution >= 4 is 11.8 Å². The van der Waals surface area contributed by atoms with Crippen LogP contribution in [-0.2, 0) is 14.3 Å². The number of hydrogen-bond acceptors (Lipinski definition) is 3. The van der Waals surface area contributed by atoms with Crippen LogP contribution in [0.2, 0.25) is 0 Å². The number of ketones is 1. The fourth-order valence-electron chi connectivity index (χ4n) is 2.23. The molecule has 0 bridgehead atoms. The highest BCUT2D eigenvalue weighted by Crippen LogP contribution is 2.22. The Labute approximate surface area is 124 Å². The fourth-order valence-corrected chi connectivity index (χ4v) is 2.23. The molecule has 3 atom stereocenters. The summed E-state index contributed by atoms with van der Waals surface area (Å²) in [5.41, 5.74) is -0.468. The zero-order valence-corrected chi connectivity index (χ0v) is 14.3. The lowest BCUT2D eigenvalue weighted by atomic mass is 9.88. The number of rotatable bonds is 8. The summed E-state index contributed by atoms with van der Waals surface area (Å²) in [5.74, 6) is 0.288. The molecule has 0 fully saturated rings. The minimum atomic E-state index is -0.468. The molecule has 0 aromatic heterocycles. The van der Waals surface area contributed by atoms with E-state index >= 15 is 0 Å². The zero-order chi connectivity index (χ0) is 15.9. The van der Waals surface area contributed by atoms with Crippen molar-refractivity contribution in [3.8, 4) is 0 Å². The number of hydrogen-bond donors (Lipinski definition) is 0. The molecule has 0 aromatic rings. The van der Waals surface area contributed by atoms with E-state index in [1.165, 1.54) is 0 Å². The van der Waals surface area contributed by atoms with E-state index in [0.717, 1.165) is 12.8 Å². The van der Waals surface area contributed by atoms with Gasteiger partial charge in [0.05, 0.1) is 5.92 Å². The van der Waals surface area contributed by atoms with Crippen molar-refractivity contribution in [1.29, 1.82) is 0 Å². The van der Waals surface area contributed by atoms with Crippen LogP contribution in [0.3, 0.4) is 0 Å². The molecule has 0 saturated carbocycles. The van der Waals surface area contributed by atoms with Crippen LogP contribution in [-0.4, -0.2) is 17.4 Å². The monoisotopic (exact) mass is 284 g/mol. The number of ether oxygens (including phenoxy) is 1. The van der Waals surface area contributed by atoms with Gasteiger partial charge in [-0.3, -0.25) is 9.59 Å². The molecule has 0 aliphatic rings. The highest BCUT2D eigenvalue weighted by atomic mass is 16.6. The second kappa shape index (κ2) is 8.43. The first-order valence-corrected chi connectivity index (χ1v) is 7.81. The summed E-state index contributed by atoms with van der Waals surface area (Å²) in [6, 6.07) is 0. The Morgan fingerprint density at radius 3 is 2.05 bits per heavy atom. The molecule has 3 nitrogen and oxygen atoms in total. The molecule has 0 saturated heterocycles. The van der Waals surface area contributed by atoms with Crippen molar-refractivity contribution in [1.82, 2.24) is 0 Å². The predicted molar refractivity (Wildman–Crippen MR) is 82.5 cm³/mol. The Hall–Kier alpha value is -0.860. The van der Waals surface area contributed by atoms with E-state index in [4.69, 9.17) is 4.74 Å².